The van der Waals surface area contributed by atoms with Crippen molar-refractivity contribution in [2.45, 2.75) is 45.3 Å². The van der Waals surface area contributed by atoms with Gasteiger partial charge < -0.3 is 24.4 Å². The van der Waals surface area contributed by atoms with Gasteiger partial charge in [0.2, 0.25) is 0 Å². The van der Waals surface area contributed by atoms with Crippen molar-refractivity contribution >= 4 is 39.6 Å². The summed E-state index contributed by atoms with van der Waals surface area (Å²) in [6.45, 7) is 8.08. The summed E-state index contributed by atoms with van der Waals surface area (Å²) in [6.07, 6.45) is 4.85. The van der Waals surface area contributed by atoms with Gasteiger partial charge in [0, 0.05) is 54.8 Å². The van der Waals surface area contributed by atoms with Gasteiger partial charge in [0.15, 0.2) is 0 Å². The lowest BCUT2D eigenvalue weighted by atomic mass is 10.1. The van der Waals surface area contributed by atoms with Crippen molar-refractivity contribution in [1.29, 1.82) is 0 Å². The van der Waals surface area contributed by atoms with Gasteiger partial charge in [0.05, 0.1) is 24.3 Å². The third-order valence-electron chi connectivity index (χ3n) is 5.78. The van der Waals surface area contributed by atoms with Crippen molar-refractivity contribution in [2.75, 3.05) is 38.3 Å². The van der Waals surface area contributed by atoms with Crippen LogP contribution in [0.15, 0.2) is 36.7 Å². The van der Waals surface area contributed by atoms with Crippen LogP contribution in [0.5, 0.6) is 0 Å². The Bertz CT molecular complexity index is 1220. The zero-order valence-corrected chi connectivity index (χ0v) is 20.7. The van der Waals surface area contributed by atoms with Crippen LogP contribution in [0.25, 0.3) is 21.7 Å². The molecule has 1 N–H and O–H groups in total. The number of rotatable bonds is 7. The average molecular weight is 481 g/mol. The first-order chi connectivity index (χ1) is 16.7. The Balaban J connectivity index is 1.41. The molecule has 1 aromatic carbocycles. The van der Waals surface area contributed by atoms with Crippen molar-refractivity contribution in [3.63, 3.8) is 0 Å². The lowest BCUT2D eigenvalue weighted by Crippen LogP contribution is -2.33. The summed E-state index contributed by atoms with van der Waals surface area (Å²) in [6, 6.07) is 7.38. The predicted octanol–water partition coefficient (Wildman–Crippen LogP) is 4.08. The van der Waals surface area contributed by atoms with Gasteiger partial charge in [-0.2, -0.15) is 0 Å². The molecule has 0 aliphatic carbocycles. The number of aromatic nitrogens is 2. The molecule has 1 amide bonds. The van der Waals surface area contributed by atoms with Crippen LogP contribution in [0.1, 0.15) is 44.0 Å². The fourth-order valence-electron chi connectivity index (χ4n) is 4.20. The minimum atomic E-state index is -0.508. The molecule has 1 atom stereocenters. The van der Waals surface area contributed by atoms with Gasteiger partial charge in [-0.25, -0.2) is 14.6 Å². The Morgan fingerprint density at radius 2 is 2.00 bits per heavy atom. The topological polar surface area (TPSA) is 103 Å². The lowest BCUT2D eigenvalue weighted by Gasteiger charge is -2.21. The Hall–Kier alpha value is -3.46. The van der Waals surface area contributed by atoms with Gasteiger partial charge >= 0.3 is 12.1 Å². The first-order valence-corrected chi connectivity index (χ1v) is 11.8. The molecule has 1 aliphatic rings. The standard InChI is InChI=1S/C26H32N4O5/c1-26(2,3)35-25(32)28-10-5-13-34-18-9-12-30(16-18)23-20-8-11-27-15-21(20)19-7-6-17(24(31)33-4)14-22(19)29-23/h6-8,11,14-15,18H,5,9-10,12-13,16H2,1-4H3,(H,28,32)/t18-/m1/s1. The van der Waals surface area contributed by atoms with Crippen molar-refractivity contribution in [3.05, 3.63) is 42.2 Å². The highest BCUT2D eigenvalue weighted by Crippen LogP contribution is 2.33. The van der Waals surface area contributed by atoms with Crippen molar-refractivity contribution < 1.29 is 23.8 Å². The molecule has 4 rings (SSSR count). The van der Waals surface area contributed by atoms with E-state index in [1.807, 2.05) is 39.1 Å². The Morgan fingerprint density at radius 3 is 2.77 bits per heavy atom. The number of pyridine rings is 2. The Morgan fingerprint density at radius 1 is 1.17 bits per heavy atom. The van der Waals surface area contributed by atoms with E-state index in [-0.39, 0.29) is 6.10 Å². The van der Waals surface area contributed by atoms with Gasteiger partial charge in [-0.3, -0.25) is 4.98 Å². The van der Waals surface area contributed by atoms with Gasteiger partial charge in [0.1, 0.15) is 11.4 Å². The van der Waals surface area contributed by atoms with Crippen LogP contribution in [-0.2, 0) is 14.2 Å². The number of amides is 1. The fraction of sp³-hybridized carbons (Fsp3) is 0.462. The molecule has 0 spiro atoms. The number of benzene rings is 1. The maximum absolute atomic E-state index is 12.0. The number of hydrogen-bond acceptors (Lipinski definition) is 8. The molecule has 2 aromatic heterocycles. The normalized spacial score (nSPS) is 16.0. The number of carbonyl (C=O) groups is 2. The van der Waals surface area contributed by atoms with Crippen LogP contribution in [0, 0.1) is 0 Å². The third kappa shape index (κ3) is 5.97. The SMILES string of the molecule is COC(=O)c1ccc2c(c1)nc(N1CC[C@@H](OCCCNC(=O)OC(C)(C)C)C1)c1ccncc12. The second-order valence-electron chi connectivity index (χ2n) is 9.59. The number of hydrogen-bond donors (Lipinski definition) is 1. The first kappa shape index (κ1) is 24.7. The average Bonchev–Trinajstić information content (AvgIpc) is 3.30. The molecule has 186 valence electrons. The van der Waals surface area contributed by atoms with Gasteiger partial charge in [-0.15, -0.1) is 0 Å². The summed E-state index contributed by atoms with van der Waals surface area (Å²) in [5, 5.41) is 5.69. The minimum Gasteiger partial charge on any atom is -0.465 e. The molecule has 1 aliphatic heterocycles. The molecule has 35 heavy (non-hydrogen) atoms. The summed E-state index contributed by atoms with van der Waals surface area (Å²) >= 11 is 0. The van der Waals surface area contributed by atoms with E-state index in [4.69, 9.17) is 19.2 Å². The van der Waals surface area contributed by atoms with E-state index in [0.29, 0.717) is 31.7 Å². The number of fused-ring (bicyclic) bond motifs is 3. The molecular formula is C26H32N4O5. The van der Waals surface area contributed by atoms with Crippen LogP contribution in [0.3, 0.4) is 0 Å². The second-order valence-corrected chi connectivity index (χ2v) is 9.59. The van der Waals surface area contributed by atoms with Crippen LogP contribution in [-0.4, -0.2) is 67.1 Å². The van der Waals surface area contributed by atoms with E-state index in [1.54, 1.807) is 18.3 Å². The summed E-state index contributed by atoms with van der Waals surface area (Å²) in [7, 11) is 1.37. The van der Waals surface area contributed by atoms with Crippen LogP contribution in [0.2, 0.25) is 0 Å². The molecule has 1 saturated heterocycles. The number of nitrogens with one attached hydrogen (secondary N) is 1. The largest absolute Gasteiger partial charge is 0.465 e. The number of ether oxygens (including phenoxy) is 3. The molecule has 9 heteroatoms. The van der Waals surface area contributed by atoms with Crippen molar-refractivity contribution in [1.82, 2.24) is 15.3 Å². The van der Waals surface area contributed by atoms with E-state index in [9.17, 15) is 9.59 Å². The summed E-state index contributed by atoms with van der Waals surface area (Å²) < 4.78 is 16.2. The highest BCUT2D eigenvalue weighted by atomic mass is 16.6. The van der Waals surface area contributed by atoms with Gasteiger partial charge in [0.25, 0.3) is 0 Å². The van der Waals surface area contributed by atoms with E-state index in [1.165, 1.54) is 7.11 Å². The molecule has 0 bridgehead atoms. The number of esters is 1. The molecule has 3 aromatic rings. The molecule has 1 fully saturated rings. The van der Waals surface area contributed by atoms with Gasteiger partial charge in [-0.05, 0) is 51.8 Å². The minimum absolute atomic E-state index is 0.0762. The van der Waals surface area contributed by atoms with E-state index in [2.05, 4.69) is 15.2 Å². The maximum Gasteiger partial charge on any atom is 0.407 e. The van der Waals surface area contributed by atoms with E-state index < -0.39 is 17.7 Å². The van der Waals surface area contributed by atoms with E-state index >= 15 is 0 Å². The zero-order chi connectivity index (χ0) is 25.0. The second kappa shape index (κ2) is 10.4. The van der Waals surface area contributed by atoms with Crippen molar-refractivity contribution in [3.8, 4) is 0 Å². The van der Waals surface area contributed by atoms with Gasteiger partial charge in [-0.1, -0.05) is 6.07 Å². The number of methoxy groups -OCH3 is 1. The highest BCUT2D eigenvalue weighted by molar-refractivity contribution is 6.11. The van der Waals surface area contributed by atoms with Crippen molar-refractivity contribution in [2.24, 2.45) is 0 Å². The lowest BCUT2D eigenvalue weighted by molar-refractivity contribution is 0.0494. The number of nitrogens with zero attached hydrogens (tertiary/aromatic N) is 3. The molecule has 0 radical (unpaired) electrons. The van der Waals surface area contributed by atoms with Crippen LogP contribution < -0.4 is 10.2 Å². The number of anilines is 1. The molecule has 9 nitrogen and oxygen atoms in total. The zero-order valence-electron chi connectivity index (χ0n) is 20.7. The monoisotopic (exact) mass is 480 g/mol. The third-order valence-corrected chi connectivity index (χ3v) is 5.78. The quantitative estimate of drug-likeness (QED) is 0.307. The van der Waals surface area contributed by atoms with E-state index in [0.717, 1.165) is 40.5 Å². The molecule has 3 heterocycles. The highest BCUT2D eigenvalue weighted by Gasteiger charge is 2.26. The fourth-order valence-corrected chi connectivity index (χ4v) is 4.20. The first-order valence-electron chi connectivity index (χ1n) is 11.8. The summed E-state index contributed by atoms with van der Waals surface area (Å²) in [4.78, 5) is 35.2. The van der Waals surface area contributed by atoms with Crippen LogP contribution in [0.4, 0.5) is 10.6 Å². The molecule has 0 unspecified atom stereocenters. The summed E-state index contributed by atoms with van der Waals surface area (Å²) in [5.41, 5.74) is 0.677. The van der Waals surface area contributed by atoms with Crippen LogP contribution >= 0.6 is 0 Å². The number of alkyl carbamates (subject to hydrolysis) is 1. The Labute approximate surface area is 204 Å². The summed E-state index contributed by atoms with van der Waals surface area (Å²) in [5.74, 6) is 0.465. The smallest absolute Gasteiger partial charge is 0.407 e. The molecular weight excluding hydrogens is 448 g/mol. The predicted molar refractivity (Wildman–Crippen MR) is 134 cm³/mol. The molecule has 0 saturated carbocycles. The maximum atomic E-state index is 12.0. The Kier molecular flexibility index (Phi) is 7.35. The number of carbonyl (C=O) groups excluding carboxylic acids is 2.